The van der Waals surface area contributed by atoms with Gasteiger partial charge >= 0.3 is 0 Å². The van der Waals surface area contributed by atoms with Crippen molar-refractivity contribution < 1.29 is 14.1 Å². The first-order chi connectivity index (χ1) is 14.6. The van der Waals surface area contributed by atoms with Crippen LogP contribution in [-0.2, 0) is 11.3 Å². The van der Waals surface area contributed by atoms with Crippen molar-refractivity contribution in [3.05, 3.63) is 70.2 Å². The minimum Gasteiger partial charge on any atom is -0.497 e. The van der Waals surface area contributed by atoms with Crippen molar-refractivity contribution in [2.45, 2.75) is 13.0 Å². The third kappa shape index (κ3) is 3.90. The Balaban J connectivity index is 1.56. The minimum atomic E-state index is -0.356. The molecule has 1 N–H and O–H groups in total. The highest BCUT2D eigenvalue weighted by Crippen LogP contribution is 2.30. The van der Waals surface area contributed by atoms with Gasteiger partial charge in [-0.25, -0.2) is 4.98 Å². The normalized spacial score (nSPS) is 10.9. The number of nitrogens with one attached hydrogen (secondary N) is 1. The van der Waals surface area contributed by atoms with Crippen LogP contribution in [-0.4, -0.2) is 27.7 Å². The summed E-state index contributed by atoms with van der Waals surface area (Å²) in [7, 11) is 1.55. The van der Waals surface area contributed by atoms with Crippen molar-refractivity contribution >= 4 is 34.3 Å². The van der Waals surface area contributed by atoms with Crippen LogP contribution < -0.4 is 15.6 Å². The standard InChI is InChI=1S/C21H17ClN4O4/c1-29-14-6-4-5-13(11-14)24-17(27)9-10-26-12-23-20-18(21(26)28)19(25-30-20)15-7-2-3-8-16(15)22/h2-8,11-12H,9-10H2,1H3,(H,24,27). The maximum Gasteiger partial charge on any atom is 0.266 e. The Morgan fingerprint density at radius 2 is 2.07 bits per heavy atom. The summed E-state index contributed by atoms with van der Waals surface area (Å²) in [6.45, 7) is 0.144. The molecule has 2 heterocycles. The molecule has 0 fully saturated rings. The van der Waals surface area contributed by atoms with Crippen molar-refractivity contribution in [2.24, 2.45) is 0 Å². The SMILES string of the molecule is COc1cccc(NC(=O)CCn2cnc3onc(-c4ccccc4Cl)c3c2=O)c1. The van der Waals surface area contributed by atoms with Crippen LogP contribution >= 0.6 is 11.6 Å². The molecule has 4 rings (SSSR count). The highest BCUT2D eigenvalue weighted by molar-refractivity contribution is 6.33. The van der Waals surface area contributed by atoms with E-state index in [-0.39, 0.29) is 35.5 Å². The van der Waals surface area contributed by atoms with Gasteiger partial charge in [0, 0.05) is 30.3 Å². The van der Waals surface area contributed by atoms with E-state index in [1.807, 2.05) is 0 Å². The molecular formula is C21H17ClN4O4. The van der Waals surface area contributed by atoms with Crippen LogP contribution in [0.4, 0.5) is 5.69 Å². The number of carbonyl (C=O) groups excluding carboxylic acids is 1. The lowest BCUT2D eigenvalue weighted by molar-refractivity contribution is -0.116. The summed E-state index contributed by atoms with van der Waals surface area (Å²) >= 11 is 6.24. The van der Waals surface area contributed by atoms with E-state index in [0.717, 1.165) is 0 Å². The number of aryl methyl sites for hydroxylation is 1. The molecule has 0 aliphatic heterocycles. The van der Waals surface area contributed by atoms with Gasteiger partial charge in [-0.1, -0.05) is 41.0 Å². The first kappa shape index (κ1) is 19.7. The second kappa shape index (κ2) is 8.38. The predicted molar refractivity (Wildman–Crippen MR) is 113 cm³/mol. The summed E-state index contributed by atoms with van der Waals surface area (Å²) < 4.78 is 11.7. The van der Waals surface area contributed by atoms with Crippen molar-refractivity contribution in [2.75, 3.05) is 12.4 Å². The predicted octanol–water partition coefficient (Wildman–Crippen LogP) is 3.74. The molecule has 0 atom stereocenters. The molecule has 1 amide bonds. The molecule has 0 aliphatic carbocycles. The number of anilines is 1. The molecule has 0 saturated carbocycles. The van der Waals surface area contributed by atoms with Gasteiger partial charge in [0.15, 0.2) is 0 Å². The van der Waals surface area contributed by atoms with Gasteiger partial charge in [-0.3, -0.25) is 14.2 Å². The summed E-state index contributed by atoms with van der Waals surface area (Å²) in [4.78, 5) is 29.4. The molecule has 0 saturated heterocycles. The number of nitrogens with zero attached hydrogens (tertiary/aromatic N) is 3. The van der Waals surface area contributed by atoms with Gasteiger partial charge in [0.25, 0.3) is 11.3 Å². The highest BCUT2D eigenvalue weighted by atomic mass is 35.5. The van der Waals surface area contributed by atoms with E-state index in [2.05, 4.69) is 15.5 Å². The zero-order chi connectivity index (χ0) is 21.1. The number of fused-ring (bicyclic) bond motifs is 1. The van der Waals surface area contributed by atoms with E-state index in [4.69, 9.17) is 20.9 Å². The molecule has 8 nitrogen and oxygen atoms in total. The Bertz CT molecular complexity index is 1280. The molecule has 152 valence electrons. The number of hydrogen-bond acceptors (Lipinski definition) is 6. The second-order valence-corrected chi connectivity index (χ2v) is 6.87. The topological polar surface area (TPSA) is 99.2 Å². The molecular weight excluding hydrogens is 408 g/mol. The number of hydrogen-bond donors (Lipinski definition) is 1. The number of halogens is 1. The second-order valence-electron chi connectivity index (χ2n) is 6.46. The number of methoxy groups -OCH3 is 1. The van der Waals surface area contributed by atoms with Gasteiger partial charge in [0.1, 0.15) is 23.2 Å². The summed E-state index contributed by atoms with van der Waals surface area (Å²) in [5, 5.41) is 7.42. The number of aromatic nitrogens is 3. The van der Waals surface area contributed by atoms with Crippen molar-refractivity contribution in [3.8, 4) is 17.0 Å². The maximum atomic E-state index is 13.0. The van der Waals surface area contributed by atoms with Gasteiger partial charge < -0.3 is 14.6 Å². The molecule has 30 heavy (non-hydrogen) atoms. The van der Waals surface area contributed by atoms with Crippen molar-refractivity contribution in [1.82, 2.24) is 14.7 Å². The van der Waals surface area contributed by atoms with Crippen LogP contribution in [0.3, 0.4) is 0 Å². The Morgan fingerprint density at radius 1 is 1.23 bits per heavy atom. The molecule has 0 spiro atoms. The van der Waals surface area contributed by atoms with Crippen LogP contribution in [0.15, 0.2) is 64.2 Å². The van der Waals surface area contributed by atoms with E-state index in [1.54, 1.807) is 55.6 Å². The third-order valence-electron chi connectivity index (χ3n) is 4.53. The minimum absolute atomic E-state index is 0.0804. The first-order valence-corrected chi connectivity index (χ1v) is 9.48. The fourth-order valence-electron chi connectivity index (χ4n) is 3.02. The molecule has 0 unspecified atom stereocenters. The van der Waals surface area contributed by atoms with Crippen LogP contribution in [0.25, 0.3) is 22.4 Å². The number of rotatable bonds is 6. The van der Waals surface area contributed by atoms with E-state index < -0.39 is 0 Å². The molecule has 2 aromatic carbocycles. The largest absolute Gasteiger partial charge is 0.497 e. The monoisotopic (exact) mass is 424 g/mol. The van der Waals surface area contributed by atoms with Crippen LogP contribution in [0.2, 0.25) is 5.02 Å². The summed E-state index contributed by atoms with van der Waals surface area (Å²) in [5.74, 6) is 0.394. The lowest BCUT2D eigenvalue weighted by Gasteiger charge is -2.08. The molecule has 0 radical (unpaired) electrons. The maximum absolute atomic E-state index is 13.0. The summed E-state index contributed by atoms with van der Waals surface area (Å²) in [6, 6.07) is 14.1. The van der Waals surface area contributed by atoms with Gasteiger partial charge in [-0.2, -0.15) is 0 Å². The number of carbonyl (C=O) groups is 1. The molecule has 0 bridgehead atoms. The molecule has 0 aliphatic rings. The van der Waals surface area contributed by atoms with E-state index >= 15 is 0 Å². The average molecular weight is 425 g/mol. The van der Waals surface area contributed by atoms with E-state index in [0.29, 0.717) is 27.7 Å². The number of amides is 1. The van der Waals surface area contributed by atoms with E-state index in [9.17, 15) is 9.59 Å². The van der Waals surface area contributed by atoms with Crippen LogP contribution in [0, 0.1) is 0 Å². The molecule has 9 heteroatoms. The van der Waals surface area contributed by atoms with Crippen LogP contribution in [0.5, 0.6) is 5.75 Å². The van der Waals surface area contributed by atoms with E-state index in [1.165, 1.54) is 10.9 Å². The first-order valence-electron chi connectivity index (χ1n) is 9.10. The van der Waals surface area contributed by atoms with Gasteiger partial charge in [-0.15, -0.1) is 0 Å². The van der Waals surface area contributed by atoms with Crippen molar-refractivity contribution in [1.29, 1.82) is 0 Å². The fourth-order valence-corrected chi connectivity index (χ4v) is 3.25. The Hall–Kier alpha value is -3.65. The summed E-state index contributed by atoms with van der Waals surface area (Å²) in [5.41, 5.74) is 1.27. The zero-order valence-corrected chi connectivity index (χ0v) is 16.7. The smallest absolute Gasteiger partial charge is 0.266 e. The van der Waals surface area contributed by atoms with Gasteiger partial charge in [0.2, 0.25) is 5.91 Å². The Labute approximate surface area is 176 Å². The lowest BCUT2D eigenvalue weighted by Crippen LogP contribution is -2.23. The van der Waals surface area contributed by atoms with Gasteiger partial charge in [0.05, 0.1) is 12.1 Å². The van der Waals surface area contributed by atoms with Gasteiger partial charge in [-0.05, 0) is 18.2 Å². The van der Waals surface area contributed by atoms with Crippen molar-refractivity contribution in [3.63, 3.8) is 0 Å². The molecule has 2 aromatic heterocycles. The highest BCUT2D eigenvalue weighted by Gasteiger charge is 2.19. The van der Waals surface area contributed by atoms with Crippen LogP contribution in [0.1, 0.15) is 6.42 Å². The fraction of sp³-hybridized carbons (Fsp3) is 0.143. The average Bonchev–Trinajstić information content (AvgIpc) is 3.18. The Morgan fingerprint density at radius 3 is 2.87 bits per heavy atom. The third-order valence-corrected chi connectivity index (χ3v) is 4.85. The number of benzene rings is 2. The molecule has 4 aromatic rings. The zero-order valence-electron chi connectivity index (χ0n) is 16.0. The number of ether oxygens (including phenoxy) is 1. The summed E-state index contributed by atoms with van der Waals surface area (Å²) in [6.07, 6.45) is 1.42. The Kier molecular flexibility index (Phi) is 5.49. The quantitative estimate of drug-likeness (QED) is 0.506. The lowest BCUT2D eigenvalue weighted by atomic mass is 10.1.